The van der Waals surface area contributed by atoms with E-state index in [1.54, 1.807) is 30.3 Å². The number of ketones is 2. The van der Waals surface area contributed by atoms with E-state index >= 15 is 0 Å². The zero-order valence-electron chi connectivity index (χ0n) is 11.0. The molecule has 0 radical (unpaired) electrons. The van der Waals surface area contributed by atoms with Gasteiger partial charge in [0.2, 0.25) is 0 Å². The van der Waals surface area contributed by atoms with Crippen LogP contribution in [0, 0.1) is 0 Å². The Bertz CT molecular complexity index is 596. The van der Waals surface area contributed by atoms with Crippen molar-refractivity contribution in [3.63, 3.8) is 0 Å². The first-order valence-corrected chi connectivity index (χ1v) is 7.54. The van der Waals surface area contributed by atoms with Crippen molar-refractivity contribution in [2.24, 2.45) is 0 Å². The Morgan fingerprint density at radius 2 is 1.70 bits per heavy atom. The highest BCUT2D eigenvalue weighted by molar-refractivity contribution is 7.09. The Morgan fingerprint density at radius 1 is 1.10 bits per heavy atom. The minimum atomic E-state index is -0.363. The van der Waals surface area contributed by atoms with E-state index in [9.17, 15) is 9.59 Å². The molecule has 0 N–H and O–H groups in total. The molecule has 0 aliphatic carbocycles. The summed E-state index contributed by atoms with van der Waals surface area (Å²) < 4.78 is 3.76. The highest BCUT2D eigenvalue weighted by atomic mass is 35.5. The van der Waals surface area contributed by atoms with Crippen LogP contribution in [0.1, 0.15) is 40.3 Å². The topological polar surface area (TPSA) is 47.0 Å². The molecule has 1 aromatic carbocycles. The van der Waals surface area contributed by atoms with Gasteiger partial charge in [-0.15, -0.1) is 0 Å². The molecule has 0 atom stereocenters. The number of carbonyl (C=O) groups excluding carboxylic acids is 2. The second kappa shape index (κ2) is 8.15. The van der Waals surface area contributed by atoms with E-state index in [0.717, 1.165) is 11.5 Å². The fourth-order valence-corrected chi connectivity index (χ4v) is 2.55. The number of nitrogens with zero attached hydrogens (tertiary/aromatic N) is 1. The molecule has 2 rings (SSSR count). The number of hydrogen-bond donors (Lipinski definition) is 0. The van der Waals surface area contributed by atoms with Crippen molar-refractivity contribution in [1.82, 2.24) is 4.37 Å². The van der Waals surface area contributed by atoms with Crippen LogP contribution in [0.25, 0.3) is 0 Å². The van der Waals surface area contributed by atoms with Gasteiger partial charge in [-0.3, -0.25) is 9.59 Å². The van der Waals surface area contributed by atoms with E-state index < -0.39 is 0 Å². The van der Waals surface area contributed by atoms with Gasteiger partial charge < -0.3 is 0 Å². The second-order valence-electron chi connectivity index (χ2n) is 3.51. The van der Waals surface area contributed by atoms with E-state index in [2.05, 4.69) is 4.37 Å². The third kappa shape index (κ3) is 4.13. The number of carbonyl (C=O) groups is 2. The molecule has 6 heteroatoms. The Labute approximate surface area is 131 Å². The van der Waals surface area contributed by atoms with Crippen molar-refractivity contribution in [2.45, 2.75) is 20.3 Å². The van der Waals surface area contributed by atoms with E-state index in [1.807, 2.05) is 13.8 Å². The first-order chi connectivity index (χ1) is 9.59. The van der Waals surface area contributed by atoms with Gasteiger partial charge in [0.15, 0.2) is 16.7 Å². The van der Waals surface area contributed by atoms with Crippen LogP contribution in [0.15, 0.2) is 30.3 Å². The van der Waals surface area contributed by atoms with Gasteiger partial charge in [0.25, 0.3) is 0 Å². The molecule has 2 aromatic rings. The molecular formula is C14H13Cl2NO2S. The van der Waals surface area contributed by atoms with Crippen LogP contribution in [0.5, 0.6) is 0 Å². The standard InChI is InChI=1S/C12H7Cl2NO2S.C2H6/c13-10-11(18-15-12(10)14)9(17)6-8(16)7-4-2-1-3-5-7;1-2/h1-5H,6H2;1-2H3. The Hall–Kier alpha value is -1.23. The minimum absolute atomic E-state index is 0.0946. The van der Waals surface area contributed by atoms with Gasteiger partial charge in [0.1, 0.15) is 9.90 Å². The second-order valence-corrected chi connectivity index (χ2v) is 5.02. The predicted molar refractivity (Wildman–Crippen MR) is 83.2 cm³/mol. The number of rotatable bonds is 4. The summed E-state index contributed by atoms with van der Waals surface area (Å²) in [6.45, 7) is 4.00. The summed E-state index contributed by atoms with van der Waals surface area (Å²) in [7, 11) is 0. The molecule has 3 nitrogen and oxygen atoms in total. The maximum absolute atomic E-state index is 11.9. The molecule has 1 heterocycles. The molecule has 106 valence electrons. The van der Waals surface area contributed by atoms with Crippen LogP contribution in [-0.2, 0) is 0 Å². The fraction of sp³-hybridized carbons (Fsp3) is 0.214. The smallest absolute Gasteiger partial charge is 0.183 e. The molecule has 0 spiro atoms. The quantitative estimate of drug-likeness (QED) is 0.590. The molecule has 0 amide bonds. The lowest BCUT2D eigenvalue weighted by Gasteiger charge is -1.99. The SMILES string of the molecule is CC.O=C(CC(=O)c1snc(Cl)c1Cl)c1ccccc1. The van der Waals surface area contributed by atoms with Gasteiger partial charge in [-0.25, -0.2) is 0 Å². The highest BCUT2D eigenvalue weighted by Crippen LogP contribution is 2.29. The zero-order valence-corrected chi connectivity index (χ0v) is 13.4. The van der Waals surface area contributed by atoms with Gasteiger partial charge >= 0.3 is 0 Å². The lowest BCUT2D eigenvalue weighted by Crippen LogP contribution is -2.07. The van der Waals surface area contributed by atoms with Crippen molar-refractivity contribution >= 4 is 46.3 Å². The summed E-state index contributed by atoms with van der Waals surface area (Å²) >= 11 is 12.4. The molecule has 0 aliphatic heterocycles. The van der Waals surface area contributed by atoms with Crippen molar-refractivity contribution in [3.8, 4) is 0 Å². The molecular weight excluding hydrogens is 317 g/mol. The molecule has 0 saturated carbocycles. The molecule has 0 fully saturated rings. The van der Waals surface area contributed by atoms with Crippen molar-refractivity contribution in [2.75, 3.05) is 0 Å². The summed E-state index contributed by atoms with van der Waals surface area (Å²) in [5.74, 6) is -0.612. The molecule has 1 aromatic heterocycles. The summed E-state index contributed by atoms with van der Waals surface area (Å²) in [5, 5.41) is 0.213. The third-order valence-electron chi connectivity index (χ3n) is 2.27. The lowest BCUT2D eigenvalue weighted by atomic mass is 10.1. The fourth-order valence-electron chi connectivity index (χ4n) is 1.39. The number of hydrogen-bond acceptors (Lipinski definition) is 4. The summed E-state index contributed by atoms with van der Waals surface area (Å²) in [6.07, 6.45) is -0.234. The van der Waals surface area contributed by atoms with Gasteiger partial charge in [-0.05, 0) is 11.5 Å². The lowest BCUT2D eigenvalue weighted by molar-refractivity contribution is 0.0896. The van der Waals surface area contributed by atoms with Crippen molar-refractivity contribution in [3.05, 3.63) is 50.9 Å². The number of halogens is 2. The van der Waals surface area contributed by atoms with Gasteiger partial charge in [0.05, 0.1) is 6.42 Å². The normalized spacial score (nSPS) is 9.60. The Morgan fingerprint density at radius 3 is 2.20 bits per heavy atom. The van der Waals surface area contributed by atoms with Crippen LogP contribution in [-0.4, -0.2) is 15.9 Å². The zero-order chi connectivity index (χ0) is 15.1. The minimum Gasteiger partial charge on any atom is -0.294 e. The number of aromatic nitrogens is 1. The van der Waals surface area contributed by atoms with Gasteiger partial charge in [0, 0.05) is 5.56 Å². The van der Waals surface area contributed by atoms with Crippen molar-refractivity contribution in [1.29, 1.82) is 0 Å². The Balaban J connectivity index is 0.000000956. The Kier molecular flexibility index (Phi) is 6.85. The largest absolute Gasteiger partial charge is 0.294 e. The first kappa shape index (κ1) is 16.8. The molecule has 0 unspecified atom stereocenters. The average Bonchev–Trinajstić information content (AvgIpc) is 2.82. The summed E-state index contributed by atoms with van der Waals surface area (Å²) in [4.78, 5) is 23.9. The molecule has 0 aliphatic rings. The molecule has 0 bridgehead atoms. The number of Topliss-reactive ketones (excluding diaryl/α,β-unsaturated/α-hetero) is 2. The summed E-state index contributed by atoms with van der Waals surface area (Å²) in [6, 6.07) is 8.62. The maximum Gasteiger partial charge on any atom is 0.183 e. The van der Waals surface area contributed by atoms with Crippen LogP contribution in [0.3, 0.4) is 0 Å². The first-order valence-electron chi connectivity index (χ1n) is 6.01. The van der Waals surface area contributed by atoms with Crippen LogP contribution >= 0.6 is 34.7 Å². The van der Waals surface area contributed by atoms with Crippen LogP contribution in [0.2, 0.25) is 10.2 Å². The third-order valence-corrected chi connectivity index (χ3v) is 4.11. The van der Waals surface area contributed by atoms with E-state index in [1.165, 1.54) is 0 Å². The molecule has 20 heavy (non-hydrogen) atoms. The molecule has 0 saturated heterocycles. The maximum atomic E-state index is 11.9. The van der Waals surface area contributed by atoms with Crippen molar-refractivity contribution < 1.29 is 9.59 Å². The van der Waals surface area contributed by atoms with E-state index in [0.29, 0.717) is 5.56 Å². The predicted octanol–water partition coefficient (Wildman–Crippen LogP) is 4.93. The number of benzene rings is 1. The van der Waals surface area contributed by atoms with Crippen LogP contribution in [0.4, 0.5) is 0 Å². The monoisotopic (exact) mass is 329 g/mol. The van der Waals surface area contributed by atoms with E-state index in [-0.39, 0.29) is 33.0 Å². The van der Waals surface area contributed by atoms with Crippen LogP contribution < -0.4 is 0 Å². The van der Waals surface area contributed by atoms with E-state index in [4.69, 9.17) is 23.2 Å². The van der Waals surface area contributed by atoms with Gasteiger partial charge in [-0.2, -0.15) is 4.37 Å². The van der Waals surface area contributed by atoms with Gasteiger partial charge in [-0.1, -0.05) is 67.4 Å². The summed E-state index contributed by atoms with van der Waals surface area (Å²) in [5.41, 5.74) is 0.498. The highest BCUT2D eigenvalue weighted by Gasteiger charge is 2.20. The average molecular weight is 330 g/mol.